The Labute approximate surface area is 707 Å². The molecule has 22 rings (SSSR count). The number of hydrogen-bond donors (Lipinski definition) is 0. The van der Waals surface area contributed by atoms with Gasteiger partial charge in [-0.2, -0.15) is 0 Å². The summed E-state index contributed by atoms with van der Waals surface area (Å²) in [7, 11) is 0. The maximum atomic E-state index is 2.52. The van der Waals surface area contributed by atoms with E-state index in [-0.39, 0.29) is 5.92 Å². The Bertz CT molecular complexity index is 7530. The van der Waals surface area contributed by atoms with Gasteiger partial charge in [-0.25, -0.2) is 0 Å². The number of hydrogen-bond acceptors (Lipinski definition) is 4. The van der Waals surface area contributed by atoms with E-state index >= 15 is 0 Å². The van der Waals surface area contributed by atoms with Gasteiger partial charge >= 0.3 is 0 Å². The Morgan fingerprint density at radius 2 is 0.633 bits per heavy atom. The van der Waals surface area contributed by atoms with Crippen LogP contribution in [0.25, 0.3) is 173 Å². The van der Waals surface area contributed by atoms with E-state index in [2.05, 4.69) is 465 Å². The molecule has 4 heteroatoms. The van der Waals surface area contributed by atoms with Crippen LogP contribution in [-0.4, -0.2) is 0 Å². The summed E-state index contributed by atoms with van der Waals surface area (Å²) < 4.78 is 5.17. The Kier molecular flexibility index (Phi) is 18.5. The molecule has 120 heavy (non-hydrogen) atoms. The Morgan fingerprint density at radius 1 is 0.217 bits per heavy atom. The lowest BCUT2D eigenvalue weighted by Crippen LogP contribution is -2.18. The zero-order chi connectivity index (χ0) is 79.4. The molecule has 19 aromatic carbocycles. The number of fused-ring (bicyclic) bond motifs is 8. The molecule has 2 nitrogen and oxygen atoms in total. The maximum absolute atomic E-state index is 2.52. The molecule has 1 aliphatic rings. The van der Waals surface area contributed by atoms with E-state index in [9.17, 15) is 0 Å². The lowest BCUT2D eigenvalue weighted by atomic mass is 9.85. The molecule has 2 aromatic heterocycles. The summed E-state index contributed by atoms with van der Waals surface area (Å²) >= 11 is 3.78. The lowest BCUT2D eigenvalue weighted by Gasteiger charge is -2.31. The lowest BCUT2D eigenvalue weighted by molar-refractivity contribution is 0.840. The van der Waals surface area contributed by atoms with Gasteiger partial charge < -0.3 is 9.80 Å². The largest absolute Gasteiger partial charge is 0.310 e. The molecule has 2 heterocycles. The molecule has 0 fully saturated rings. The van der Waals surface area contributed by atoms with Crippen LogP contribution >= 0.6 is 22.7 Å². The monoisotopic (exact) mass is 1560 g/mol. The van der Waals surface area contributed by atoms with Crippen molar-refractivity contribution in [1.82, 2.24) is 0 Å². The van der Waals surface area contributed by atoms with Gasteiger partial charge in [-0.15, -0.1) is 22.7 Å². The second kappa shape index (κ2) is 31.0. The first-order valence-corrected chi connectivity index (χ1v) is 43.0. The number of allylic oxidation sites excluding steroid dienone is 3. The van der Waals surface area contributed by atoms with Crippen molar-refractivity contribution in [1.29, 1.82) is 0 Å². The number of para-hydroxylation sites is 1. The van der Waals surface area contributed by atoms with Crippen molar-refractivity contribution < 1.29 is 0 Å². The molecule has 0 saturated carbocycles. The summed E-state index contributed by atoms with van der Waals surface area (Å²) in [6.45, 7) is 0. The number of anilines is 5. The van der Waals surface area contributed by atoms with Crippen LogP contribution in [0.2, 0.25) is 0 Å². The van der Waals surface area contributed by atoms with Gasteiger partial charge in [0.1, 0.15) is 0 Å². The quantitative estimate of drug-likeness (QED) is 0.0896. The minimum atomic E-state index is 0.115. The van der Waals surface area contributed by atoms with Gasteiger partial charge in [-0.05, 0) is 214 Å². The van der Waals surface area contributed by atoms with Crippen LogP contribution < -0.4 is 9.80 Å². The molecule has 564 valence electrons. The third-order valence-corrected chi connectivity index (χ3v) is 26.7. The minimum Gasteiger partial charge on any atom is -0.310 e. The Balaban J connectivity index is 0.625. The van der Waals surface area contributed by atoms with Gasteiger partial charge in [0, 0.05) is 91.1 Å². The van der Waals surface area contributed by atoms with Crippen LogP contribution in [0.3, 0.4) is 0 Å². The number of rotatable bonds is 17. The molecular weight excluding hydrogens is 1490 g/mol. The van der Waals surface area contributed by atoms with Gasteiger partial charge in [-0.3, -0.25) is 0 Å². The van der Waals surface area contributed by atoms with Crippen LogP contribution in [0.1, 0.15) is 17.9 Å². The zero-order valence-corrected chi connectivity index (χ0v) is 67.4. The second-order valence-corrected chi connectivity index (χ2v) is 33.3. The van der Waals surface area contributed by atoms with Crippen molar-refractivity contribution >= 4 is 113 Å². The molecule has 1 aliphatic carbocycles. The first-order valence-electron chi connectivity index (χ1n) is 41.4. The molecule has 0 aliphatic heterocycles. The Hall–Kier alpha value is -14.8. The smallest absolute Gasteiger partial charge is 0.0540 e. The third kappa shape index (κ3) is 13.2. The van der Waals surface area contributed by atoms with Gasteiger partial charge in [0.2, 0.25) is 0 Å². The van der Waals surface area contributed by atoms with Gasteiger partial charge in [-0.1, -0.05) is 364 Å². The standard InChI is InChI=1S/C116H78N2S2/c1-6-28-79(29-7-1)95-71-68-92(76-106(95)84-36-14-5-15-37-84)118(112-51-24-39-83-38-16-17-40-99(83)112)91-64-56-78(57-65-91)87-61-70-97(81-32-10-3-11-33-81)108(73-87)110-75-88(74-109-103-43-20-23-53-114(103)120-116(109)110)94-45-26-46-100-93(44-25-47-101(94)100)85-58-66-90(67-59-85)117(111-50-21-18-41-98(111)82-34-12-4-13-35-82)89-62-54-77(55-63-89)86-60-69-96(80-30-8-2-9-31-80)107(72-86)105-49-27-48-104-102-42-19-22-52-113(102)119-115(104)105/h1-56,58-76,78H,57H2. The molecule has 1 unspecified atom stereocenters. The van der Waals surface area contributed by atoms with Crippen LogP contribution in [-0.2, 0) is 0 Å². The van der Waals surface area contributed by atoms with E-state index in [4.69, 9.17) is 0 Å². The SMILES string of the molecule is C1=CC(c2ccc(-c3ccccc3)c(-c3cc(-c4cccc5c(-c6ccc(N(c7ccc(-c8ccc(-c9ccccc9)c(-c9cccc%10c9sc9ccccc9%10)c8)cc7)c7ccccc7-c7ccccc7)cc6)cccc45)cc4c3sc3ccccc34)c2)CC=C1N(c1ccc(-c2ccccc2)c(-c2ccccc2)c1)c1cccc2ccccc12. The Morgan fingerprint density at radius 3 is 1.26 bits per heavy atom. The summed E-state index contributed by atoms with van der Waals surface area (Å²) in [6, 6.07) is 162. The van der Waals surface area contributed by atoms with Crippen LogP contribution in [0.5, 0.6) is 0 Å². The molecular formula is C116H78N2S2. The summed E-state index contributed by atoms with van der Waals surface area (Å²) in [5, 5.41) is 9.94. The molecule has 0 amide bonds. The molecule has 0 N–H and O–H groups in total. The van der Waals surface area contributed by atoms with Crippen molar-refractivity contribution in [3.05, 3.63) is 466 Å². The van der Waals surface area contributed by atoms with E-state index < -0.39 is 0 Å². The van der Waals surface area contributed by atoms with E-state index in [0.717, 1.165) is 62.8 Å². The van der Waals surface area contributed by atoms with Crippen molar-refractivity contribution in [2.75, 3.05) is 9.80 Å². The van der Waals surface area contributed by atoms with Crippen molar-refractivity contribution in [3.8, 4) is 111 Å². The fraction of sp³-hybridized carbons (Fsp3) is 0.0172. The maximum Gasteiger partial charge on any atom is 0.0540 e. The molecule has 0 bridgehead atoms. The normalized spacial score (nSPS) is 12.7. The van der Waals surface area contributed by atoms with Crippen LogP contribution in [0, 0.1) is 0 Å². The summed E-state index contributed by atoms with van der Waals surface area (Å²) in [5.41, 5.74) is 31.7. The van der Waals surface area contributed by atoms with E-state index in [1.807, 2.05) is 22.7 Å². The third-order valence-electron chi connectivity index (χ3n) is 24.3. The van der Waals surface area contributed by atoms with E-state index in [0.29, 0.717) is 0 Å². The fourth-order valence-electron chi connectivity index (χ4n) is 18.5. The van der Waals surface area contributed by atoms with E-state index in [1.165, 1.54) is 156 Å². The second-order valence-electron chi connectivity index (χ2n) is 31.2. The van der Waals surface area contributed by atoms with Gasteiger partial charge in [0.25, 0.3) is 0 Å². The number of thiophene rings is 2. The first kappa shape index (κ1) is 71.7. The zero-order valence-electron chi connectivity index (χ0n) is 65.8. The van der Waals surface area contributed by atoms with Crippen LogP contribution in [0.4, 0.5) is 28.4 Å². The fourth-order valence-corrected chi connectivity index (χ4v) is 20.9. The van der Waals surface area contributed by atoms with E-state index in [1.54, 1.807) is 0 Å². The molecule has 0 spiro atoms. The number of nitrogens with zero attached hydrogens (tertiary/aromatic N) is 2. The topological polar surface area (TPSA) is 6.48 Å². The molecule has 0 saturated heterocycles. The predicted molar refractivity (Wildman–Crippen MR) is 516 cm³/mol. The average molecular weight is 1560 g/mol. The first-order chi connectivity index (χ1) is 59.5. The van der Waals surface area contributed by atoms with Gasteiger partial charge in [0.05, 0.1) is 11.4 Å². The van der Waals surface area contributed by atoms with Crippen molar-refractivity contribution in [2.24, 2.45) is 0 Å². The number of benzene rings is 19. The molecule has 1 atom stereocenters. The summed E-state index contributed by atoms with van der Waals surface area (Å²) in [5.74, 6) is 0.115. The highest BCUT2D eigenvalue weighted by molar-refractivity contribution is 7.26. The van der Waals surface area contributed by atoms with Crippen LogP contribution in [0.15, 0.2) is 461 Å². The average Bonchev–Trinajstić information content (AvgIpc) is 1.55. The summed E-state index contributed by atoms with van der Waals surface area (Å²) in [4.78, 5) is 4.91. The van der Waals surface area contributed by atoms with Gasteiger partial charge in [0.15, 0.2) is 0 Å². The van der Waals surface area contributed by atoms with Crippen molar-refractivity contribution in [2.45, 2.75) is 12.3 Å². The molecule has 21 aromatic rings. The van der Waals surface area contributed by atoms with Crippen molar-refractivity contribution in [3.63, 3.8) is 0 Å². The highest BCUT2D eigenvalue weighted by Crippen LogP contribution is 2.52. The highest BCUT2D eigenvalue weighted by Gasteiger charge is 2.27. The molecule has 0 radical (unpaired) electrons. The predicted octanol–water partition coefficient (Wildman–Crippen LogP) is 33.6. The summed E-state index contributed by atoms with van der Waals surface area (Å²) in [6.07, 6.45) is 8.11. The minimum absolute atomic E-state index is 0.115. The highest BCUT2D eigenvalue weighted by atomic mass is 32.1.